The molecule has 3 rings (SSSR count). The summed E-state index contributed by atoms with van der Waals surface area (Å²) < 4.78 is 4.64. The van der Waals surface area contributed by atoms with Crippen molar-refractivity contribution in [2.75, 3.05) is 17.7 Å². The molecule has 28 heavy (non-hydrogen) atoms. The molecule has 1 aromatic heterocycles. The third-order valence-corrected chi connectivity index (χ3v) is 4.18. The zero-order valence-corrected chi connectivity index (χ0v) is 15.6. The molecular weight excluding hydrogens is 356 g/mol. The number of methoxy groups -OCH3 is 1. The van der Waals surface area contributed by atoms with E-state index in [4.69, 9.17) is 0 Å². The second kappa shape index (κ2) is 8.77. The van der Waals surface area contributed by atoms with E-state index in [2.05, 4.69) is 25.3 Å². The van der Waals surface area contributed by atoms with E-state index in [-0.39, 0.29) is 5.91 Å². The Morgan fingerprint density at radius 1 is 0.964 bits per heavy atom. The van der Waals surface area contributed by atoms with Crippen LogP contribution in [0, 0.1) is 6.92 Å². The number of esters is 1. The minimum atomic E-state index is -0.430. The average molecular weight is 376 g/mol. The first-order valence-corrected chi connectivity index (χ1v) is 8.67. The number of aromatic nitrogens is 2. The first-order valence-electron chi connectivity index (χ1n) is 8.67. The molecule has 0 aliphatic heterocycles. The number of aryl methyl sites for hydroxylation is 1. The quantitative estimate of drug-likeness (QED) is 0.640. The number of nitrogens with zero attached hydrogens (tertiary/aromatic N) is 2. The van der Waals surface area contributed by atoms with E-state index in [1.807, 2.05) is 31.2 Å². The predicted molar refractivity (Wildman–Crippen MR) is 106 cm³/mol. The molecule has 0 radical (unpaired) electrons. The van der Waals surface area contributed by atoms with Crippen molar-refractivity contribution < 1.29 is 14.3 Å². The Labute approximate surface area is 162 Å². The molecule has 0 spiro atoms. The summed E-state index contributed by atoms with van der Waals surface area (Å²) >= 11 is 0. The Bertz CT molecular complexity index is 970. The van der Waals surface area contributed by atoms with E-state index in [1.165, 1.54) is 25.1 Å². The zero-order valence-electron chi connectivity index (χ0n) is 15.6. The zero-order chi connectivity index (χ0) is 19.9. The standard InChI is InChI=1S/C21H20N4O3/c1-14-5-3-4-6-16(14)11-22-21-23-12-17(13-24-21)19(26)25-18-9-7-15(8-10-18)20(27)28-2/h3-10,12-13H,11H2,1-2H3,(H,25,26)(H,22,23,24). The molecular formula is C21H20N4O3. The van der Waals surface area contributed by atoms with Crippen molar-refractivity contribution in [3.8, 4) is 0 Å². The number of hydrogen-bond acceptors (Lipinski definition) is 6. The summed E-state index contributed by atoms with van der Waals surface area (Å²) in [5.41, 5.74) is 3.64. The lowest BCUT2D eigenvalue weighted by molar-refractivity contribution is 0.0600. The highest BCUT2D eigenvalue weighted by Gasteiger charge is 2.09. The van der Waals surface area contributed by atoms with Gasteiger partial charge in [0.2, 0.25) is 5.95 Å². The lowest BCUT2D eigenvalue weighted by atomic mass is 10.1. The van der Waals surface area contributed by atoms with E-state index >= 15 is 0 Å². The highest BCUT2D eigenvalue weighted by Crippen LogP contribution is 2.13. The number of carbonyl (C=O) groups is 2. The normalized spacial score (nSPS) is 10.2. The monoisotopic (exact) mass is 376 g/mol. The summed E-state index contributed by atoms with van der Waals surface area (Å²) in [6.07, 6.45) is 2.93. The van der Waals surface area contributed by atoms with Crippen LogP contribution in [-0.2, 0) is 11.3 Å². The molecule has 0 fully saturated rings. The summed E-state index contributed by atoms with van der Waals surface area (Å²) in [6, 6.07) is 14.5. The summed E-state index contributed by atoms with van der Waals surface area (Å²) in [7, 11) is 1.32. The Morgan fingerprint density at radius 2 is 1.64 bits per heavy atom. The molecule has 0 aliphatic carbocycles. The fourth-order valence-corrected chi connectivity index (χ4v) is 2.53. The van der Waals surface area contributed by atoms with Crippen LogP contribution in [0.4, 0.5) is 11.6 Å². The summed E-state index contributed by atoms with van der Waals surface area (Å²) in [4.78, 5) is 32.1. The van der Waals surface area contributed by atoms with E-state index < -0.39 is 5.97 Å². The van der Waals surface area contributed by atoms with Gasteiger partial charge in [0.05, 0.1) is 18.2 Å². The topological polar surface area (TPSA) is 93.2 Å². The highest BCUT2D eigenvalue weighted by molar-refractivity contribution is 6.04. The van der Waals surface area contributed by atoms with E-state index in [9.17, 15) is 9.59 Å². The maximum absolute atomic E-state index is 12.3. The average Bonchev–Trinajstić information content (AvgIpc) is 2.73. The van der Waals surface area contributed by atoms with Gasteiger partial charge in [-0.3, -0.25) is 4.79 Å². The molecule has 142 valence electrons. The maximum atomic E-state index is 12.3. The molecule has 0 saturated carbocycles. The van der Waals surface area contributed by atoms with Crippen molar-refractivity contribution in [3.05, 3.63) is 83.2 Å². The number of nitrogens with one attached hydrogen (secondary N) is 2. The van der Waals surface area contributed by atoms with Gasteiger partial charge in [0, 0.05) is 24.6 Å². The molecule has 0 atom stereocenters. The van der Waals surface area contributed by atoms with Crippen LogP contribution in [0.15, 0.2) is 60.9 Å². The second-order valence-electron chi connectivity index (χ2n) is 6.10. The summed E-state index contributed by atoms with van der Waals surface area (Å²) in [6.45, 7) is 2.65. The van der Waals surface area contributed by atoms with Crippen LogP contribution in [0.1, 0.15) is 31.8 Å². The fraction of sp³-hybridized carbons (Fsp3) is 0.143. The Morgan fingerprint density at radius 3 is 2.29 bits per heavy atom. The van der Waals surface area contributed by atoms with E-state index in [0.29, 0.717) is 29.3 Å². The van der Waals surface area contributed by atoms with Gasteiger partial charge in [0.1, 0.15) is 0 Å². The number of hydrogen-bond donors (Lipinski definition) is 2. The first-order chi connectivity index (χ1) is 13.6. The molecule has 1 amide bonds. The Kier molecular flexibility index (Phi) is 5.96. The largest absolute Gasteiger partial charge is 0.465 e. The Hall–Kier alpha value is -3.74. The van der Waals surface area contributed by atoms with Crippen LogP contribution in [0.5, 0.6) is 0 Å². The number of carbonyl (C=O) groups excluding carboxylic acids is 2. The SMILES string of the molecule is COC(=O)c1ccc(NC(=O)c2cnc(NCc3ccccc3C)nc2)cc1. The van der Waals surface area contributed by atoms with Gasteiger partial charge in [-0.15, -0.1) is 0 Å². The molecule has 0 unspecified atom stereocenters. The maximum Gasteiger partial charge on any atom is 0.337 e. The number of ether oxygens (including phenoxy) is 1. The minimum absolute atomic E-state index is 0.332. The number of rotatable bonds is 6. The molecule has 2 N–H and O–H groups in total. The highest BCUT2D eigenvalue weighted by atomic mass is 16.5. The molecule has 0 aliphatic rings. The van der Waals surface area contributed by atoms with Crippen molar-refractivity contribution in [3.63, 3.8) is 0 Å². The van der Waals surface area contributed by atoms with Crippen LogP contribution in [0.3, 0.4) is 0 Å². The molecule has 7 nitrogen and oxygen atoms in total. The molecule has 0 saturated heterocycles. The van der Waals surface area contributed by atoms with E-state index in [0.717, 1.165) is 5.56 Å². The second-order valence-corrected chi connectivity index (χ2v) is 6.10. The van der Waals surface area contributed by atoms with Crippen LogP contribution in [-0.4, -0.2) is 29.0 Å². The van der Waals surface area contributed by atoms with E-state index in [1.54, 1.807) is 24.3 Å². The fourth-order valence-electron chi connectivity index (χ4n) is 2.53. The third-order valence-electron chi connectivity index (χ3n) is 4.18. The number of amides is 1. The predicted octanol–water partition coefficient (Wildman–Crippen LogP) is 3.44. The van der Waals surface area contributed by atoms with Crippen LogP contribution >= 0.6 is 0 Å². The molecule has 7 heteroatoms. The first kappa shape index (κ1) is 19.0. The number of benzene rings is 2. The van der Waals surface area contributed by atoms with Gasteiger partial charge in [-0.2, -0.15) is 0 Å². The van der Waals surface area contributed by atoms with Gasteiger partial charge in [0.15, 0.2) is 0 Å². The van der Waals surface area contributed by atoms with Crippen LogP contribution < -0.4 is 10.6 Å². The summed E-state index contributed by atoms with van der Waals surface area (Å²) in [5.74, 6) is -0.321. The van der Waals surface area contributed by atoms with Crippen LogP contribution in [0.25, 0.3) is 0 Å². The van der Waals surface area contributed by atoms with Gasteiger partial charge in [-0.05, 0) is 42.3 Å². The lowest BCUT2D eigenvalue weighted by Gasteiger charge is -2.08. The molecule has 1 heterocycles. The van der Waals surface area contributed by atoms with Gasteiger partial charge in [-0.1, -0.05) is 24.3 Å². The van der Waals surface area contributed by atoms with Crippen molar-refractivity contribution in [2.45, 2.75) is 13.5 Å². The van der Waals surface area contributed by atoms with Crippen molar-refractivity contribution in [1.29, 1.82) is 0 Å². The molecule has 2 aromatic carbocycles. The van der Waals surface area contributed by atoms with Crippen molar-refractivity contribution in [1.82, 2.24) is 9.97 Å². The van der Waals surface area contributed by atoms with Crippen molar-refractivity contribution >= 4 is 23.5 Å². The summed E-state index contributed by atoms with van der Waals surface area (Å²) in [5, 5.41) is 5.88. The third kappa shape index (κ3) is 4.70. The van der Waals surface area contributed by atoms with Gasteiger partial charge in [0.25, 0.3) is 5.91 Å². The molecule has 3 aromatic rings. The number of anilines is 2. The minimum Gasteiger partial charge on any atom is -0.465 e. The smallest absolute Gasteiger partial charge is 0.337 e. The Balaban J connectivity index is 1.59. The van der Waals surface area contributed by atoms with Gasteiger partial charge < -0.3 is 15.4 Å². The van der Waals surface area contributed by atoms with Crippen LogP contribution in [0.2, 0.25) is 0 Å². The lowest BCUT2D eigenvalue weighted by Crippen LogP contribution is -2.13. The van der Waals surface area contributed by atoms with Crippen molar-refractivity contribution in [2.24, 2.45) is 0 Å². The molecule has 0 bridgehead atoms. The van der Waals surface area contributed by atoms with Gasteiger partial charge in [-0.25, -0.2) is 14.8 Å². The van der Waals surface area contributed by atoms with Gasteiger partial charge >= 0.3 is 5.97 Å².